The molecular formula is C16H24NO8P. The molecule has 0 fully saturated rings. The summed E-state index contributed by atoms with van der Waals surface area (Å²) in [5, 5.41) is 11.6. The van der Waals surface area contributed by atoms with Crippen molar-refractivity contribution in [3.05, 3.63) is 29.8 Å². The van der Waals surface area contributed by atoms with Gasteiger partial charge in [-0.15, -0.1) is 0 Å². The maximum atomic E-state index is 11.9. The van der Waals surface area contributed by atoms with Crippen molar-refractivity contribution < 1.29 is 37.6 Å². The first kappa shape index (κ1) is 22.0. The quantitative estimate of drug-likeness (QED) is 0.651. The molecule has 0 bridgehead atoms. The van der Waals surface area contributed by atoms with Gasteiger partial charge in [-0.05, 0) is 38.5 Å². The molecule has 0 unspecified atom stereocenters. The lowest BCUT2D eigenvalue weighted by Gasteiger charge is -2.22. The van der Waals surface area contributed by atoms with Gasteiger partial charge in [0.1, 0.15) is 17.4 Å². The Labute approximate surface area is 152 Å². The summed E-state index contributed by atoms with van der Waals surface area (Å²) in [5.74, 6) is -0.966. The van der Waals surface area contributed by atoms with E-state index < -0.39 is 31.5 Å². The number of carbonyl (C=O) groups is 2. The topological polar surface area (TPSA) is 120 Å². The van der Waals surface area contributed by atoms with E-state index in [0.717, 1.165) is 0 Å². The van der Waals surface area contributed by atoms with Crippen LogP contribution < -0.4 is 9.84 Å². The van der Waals surface area contributed by atoms with Crippen molar-refractivity contribution in [1.29, 1.82) is 0 Å². The number of phosphoric acid groups is 1. The van der Waals surface area contributed by atoms with Gasteiger partial charge in [0.2, 0.25) is 0 Å². The van der Waals surface area contributed by atoms with Crippen LogP contribution in [0.3, 0.4) is 0 Å². The first-order chi connectivity index (χ1) is 12.0. The van der Waals surface area contributed by atoms with Gasteiger partial charge in [-0.25, -0.2) is 14.2 Å². The molecule has 0 radical (unpaired) electrons. The number of carboxylic acids is 1. The smallest absolute Gasteiger partial charge is 0.480 e. The number of alkyl carbamates (subject to hydrolysis) is 1. The lowest BCUT2D eigenvalue weighted by Crippen LogP contribution is -2.44. The Morgan fingerprint density at radius 2 is 1.69 bits per heavy atom. The van der Waals surface area contributed by atoms with Gasteiger partial charge in [0, 0.05) is 20.6 Å². The van der Waals surface area contributed by atoms with Crippen molar-refractivity contribution in [1.82, 2.24) is 5.32 Å². The van der Waals surface area contributed by atoms with Gasteiger partial charge in [0.15, 0.2) is 0 Å². The van der Waals surface area contributed by atoms with Crippen LogP contribution in [0.15, 0.2) is 24.3 Å². The fourth-order valence-electron chi connectivity index (χ4n) is 1.85. The number of carboxylic acid groups (broad SMARTS) is 1. The highest BCUT2D eigenvalue weighted by atomic mass is 31.2. The van der Waals surface area contributed by atoms with Gasteiger partial charge < -0.3 is 19.7 Å². The van der Waals surface area contributed by atoms with E-state index in [4.69, 9.17) is 9.26 Å². The van der Waals surface area contributed by atoms with Gasteiger partial charge in [-0.1, -0.05) is 12.1 Å². The molecule has 26 heavy (non-hydrogen) atoms. The van der Waals surface area contributed by atoms with E-state index in [1.165, 1.54) is 26.4 Å². The first-order valence-corrected chi connectivity index (χ1v) is 9.16. The second kappa shape index (κ2) is 9.02. The minimum absolute atomic E-state index is 0.0288. The zero-order chi connectivity index (χ0) is 20.0. The molecule has 0 saturated carbocycles. The zero-order valence-corrected chi connectivity index (χ0v) is 16.2. The van der Waals surface area contributed by atoms with Gasteiger partial charge >= 0.3 is 19.9 Å². The van der Waals surface area contributed by atoms with Crippen molar-refractivity contribution in [2.75, 3.05) is 14.2 Å². The SMILES string of the molecule is COP(=O)(OC)Oc1ccc(C[C@H](NC(=O)OC(C)(C)C)C(=O)O)cc1. The Morgan fingerprint density at radius 3 is 2.12 bits per heavy atom. The normalized spacial score (nSPS) is 13.0. The van der Waals surface area contributed by atoms with Crippen LogP contribution >= 0.6 is 7.82 Å². The van der Waals surface area contributed by atoms with Crippen molar-refractivity contribution >= 4 is 19.9 Å². The van der Waals surface area contributed by atoms with Crippen LogP contribution in [0, 0.1) is 0 Å². The van der Waals surface area contributed by atoms with E-state index in [-0.39, 0.29) is 12.2 Å². The molecule has 0 heterocycles. The van der Waals surface area contributed by atoms with Crippen LogP contribution in [0.4, 0.5) is 4.79 Å². The summed E-state index contributed by atoms with van der Waals surface area (Å²) in [5.41, 5.74) is -0.117. The second-order valence-corrected chi connectivity index (χ2v) is 8.10. The molecule has 0 aliphatic heterocycles. The number of ether oxygens (including phenoxy) is 1. The predicted molar refractivity (Wildman–Crippen MR) is 93.2 cm³/mol. The van der Waals surface area contributed by atoms with E-state index >= 15 is 0 Å². The van der Waals surface area contributed by atoms with Gasteiger partial charge in [-0.2, -0.15) is 0 Å². The average Bonchev–Trinajstić information content (AvgIpc) is 2.54. The minimum Gasteiger partial charge on any atom is -0.480 e. The van der Waals surface area contributed by atoms with Crippen molar-refractivity contribution in [3.63, 3.8) is 0 Å². The number of benzene rings is 1. The number of aliphatic carboxylic acids is 1. The monoisotopic (exact) mass is 389 g/mol. The fourth-order valence-corrected chi connectivity index (χ4v) is 2.53. The summed E-state index contributed by atoms with van der Waals surface area (Å²) >= 11 is 0. The van der Waals surface area contributed by atoms with E-state index in [2.05, 4.69) is 14.4 Å². The molecule has 1 rings (SSSR count). The van der Waals surface area contributed by atoms with Crippen LogP contribution in [0.1, 0.15) is 26.3 Å². The molecule has 0 aromatic heterocycles. The molecular weight excluding hydrogens is 365 g/mol. The molecule has 1 aromatic rings. The third-order valence-electron chi connectivity index (χ3n) is 3.02. The summed E-state index contributed by atoms with van der Waals surface area (Å²) in [6, 6.07) is 4.98. The fraction of sp³-hybridized carbons (Fsp3) is 0.500. The van der Waals surface area contributed by atoms with Crippen LogP contribution in [0.25, 0.3) is 0 Å². The Kier molecular flexibility index (Phi) is 7.62. The van der Waals surface area contributed by atoms with Crippen molar-refractivity contribution in [2.45, 2.75) is 38.8 Å². The van der Waals surface area contributed by atoms with E-state index in [1.54, 1.807) is 32.9 Å². The molecule has 1 atom stereocenters. The highest BCUT2D eigenvalue weighted by Crippen LogP contribution is 2.47. The summed E-state index contributed by atoms with van der Waals surface area (Å²) in [4.78, 5) is 23.1. The van der Waals surface area contributed by atoms with Crippen LogP contribution in [-0.2, 0) is 29.6 Å². The second-order valence-electron chi connectivity index (χ2n) is 6.29. The molecule has 1 aromatic carbocycles. The third kappa shape index (κ3) is 7.43. The number of rotatable bonds is 8. The van der Waals surface area contributed by atoms with Crippen LogP contribution in [0.2, 0.25) is 0 Å². The van der Waals surface area contributed by atoms with E-state index in [0.29, 0.717) is 5.56 Å². The molecule has 2 N–H and O–H groups in total. The van der Waals surface area contributed by atoms with E-state index in [9.17, 15) is 19.3 Å². The number of amides is 1. The lowest BCUT2D eigenvalue weighted by molar-refractivity contribution is -0.139. The summed E-state index contributed by atoms with van der Waals surface area (Å²) < 4.78 is 31.4. The highest BCUT2D eigenvalue weighted by molar-refractivity contribution is 7.48. The third-order valence-corrected chi connectivity index (χ3v) is 4.35. The van der Waals surface area contributed by atoms with Gasteiger partial charge in [-0.3, -0.25) is 9.05 Å². The average molecular weight is 389 g/mol. The molecule has 1 amide bonds. The predicted octanol–water partition coefficient (Wildman–Crippen LogP) is 2.99. The van der Waals surface area contributed by atoms with Crippen molar-refractivity contribution in [2.24, 2.45) is 0 Å². The number of carbonyl (C=O) groups excluding carboxylic acids is 1. The van der Waals surface area contributed by atoms with Crippen molar-refractivity contribution in [3.8, 4) is 5.75 Å². The van der Waals surface area contributed by atoms with Crippen LogP contribution in [0.5, 0.6) is 5.75 Å². The molecule has 0 saturated heterocycles. The number of phosphoric ester groups is 1. The molecule has 9 nitrogen and oxygen atoms in total. The molecule has 0 aliphatic carbocycles. The summed E-state index contributed by atoms with van der Waals surface area (Å²) in [6.07, 6.45) is -0.785. The highest BCUT2D eigenvalue weighted by Gasteiger charge is 2.26. The number of hydrogen-bond acceptors (Lipinski definition) is 7. The first-order valence-electron chi connectivity index (χ1n) is 7.70. The van der Waals surface area contributed by atoms with Gasteiger partial charge in [0.25, 0.3) is 0 Å². The Hall–Kier alpha value is -2.09. The standard InChI is InChI=1S/C16H24NO8P/c1-16(2,3)24-15(20)17-13(14(18)19)10-11-6-8-12(9-7-11)25-26(21,22-4)23-5/h6-9,13H,10H2,1-5H3,(H,17,20)(H,18,19)/t13-/m0/s1. The molecule has 10 heteroatoms. The Morgan fingerprint density at radius 1 is 1.15 bits per heavy atom. The summed E-state index contributed by atoms with van der Waals surface area (Å²) in [6.45, 7) is 5.04. The van der Waals surface area contributed by atoms with Crippen LogP contribution in [-0.4, -0.2) is 43.0 Å². The molecule has 0 spiro atoms. The Bertz CT molecular complexity index is 660. The van der Waals surface area contributed by atoms with E-state index in [1.807, 2.05) is 0 Å². The maximum absolute atomic E-state index is 11.9. The Balaban J connectivity index is 2.77. The minimum atomic E-state index is -3.67. The number of nitrogens with one attached hydrogen (secondary N) is 1. The zero-order valence-electron chi connectivity index (χ0n) is 15.3. The summed E-state index contributed by atoms with van der Waals surface area (Å²) in [7, 11) is -1.28. The maximum Gasteiger partial charge on any atom is 0.529 e. The lowest BCUT2D eigenvalue weighted by atomic mass is 10.1. The largest absolute Gasteiger partial charge is 0.529 e. The molecule has 146 valence electrons. The molecule has 0 aliphatic rings. The van der Waals surface area contributed by atoms with Gasteiger partial charge in [0.05, 0.1) is 0 Å². The number of hydrogen-bond donors (Lipinski definition) is 2.